The van der Waals surface area contributed by atoms with E-state index in [1.54, 1.807) is 30.3 Å². The molecule has 5 rings (SSSR count). The number of methoxy groups -OCH3 is 2. The van der Waals surface area contributed by atoms with E-state index in [4.69, 9.17) is 9.47 Å². The number of hydrogen-bond donors (Lipinski definition) is 2. The molecule has 0 saturated heterocycles. The van der Waals surface area contributed by atoms with Gasteiger partial charge in [0.05, 0.1) is 30.4 Å². The summed E-state index contributed by atoms with van der Waals surface area (Å²) in [6.45, 7) is 0. The first-order chi connectivity index (χ1) is 18.8. The van der Waals surface area contributed by atoms with Crippen molar-refractivity contribution in [1.29, 1.82) is 0 Å². The fraction of sp³-hybridized carbons (Fsp3) is 0.107. The van der Waals surface area contributed by atoms with E-state index < -0.39 is 28.9 Å². The van der Waals surface area contributed by atoms with Crippen LogP contribution in [0.15, 0.2) is 78.5 Å². The molecular formula is C28H22N4O7. The third-order valence-electron chi connectivity index (χ3n) is 6.42. The molecule has 3 aromatic carbocycles. The lowest BCUT2D eigenvalue weighted by Crippen LogP contribution is -2.42. The minimum Gasteiger partial charge on any atom is -0.465 e. The first-order valence-electron chi connectivity index (χ1n) is 11.8. The Labute approximate surface area is 221 Å². The predicted molar refractivity (Wildman–Crippen MR) is 142 cm³/mol. The summed E-state index contributed by atoms with van der Waals surface area (Å²) >= 11 is 0. The number of carbonyl (C=O) groups excluding carboxylic acids is 3. The third-order valence-corrected chi connectivity index (χ3v) is 6.42. The number of hydrogen-bond acceptors (Lipinski definition) is 7. The fourth-order valence-electron chi connectivity index (χ4n) is 4.63. The Bertz CT molecular complexity index is 1660. The van der Waals surface area contributed by atoms with Crippen molar-refractivity contribution in [2.24, 2.45) is 0 Å². The van der Waals surface area contributed by atoms with Crippen LogP contribution in [0.2, 0.25) is 0 Å². The number of H-pyrrole nitrogens is 1. The quantitative estimate of drug-likeness (QED) is 0.211. The van der Waals surface area contributed by atoms with Crippen molar-refractivity contribution in [2.75, 3.05) is 19.5 Å². The summed E-state index contributed by atoms with van der Waals surface area (Å²) in [4.78, 5) is 54.2. The molecule has 2 heterocycles. The highest BCUT2D eigenvalue weighted by Gasteiger charge is 2.39. The van der Waals surface area contributed by atoms with Crippen molar-refractivity contribution < 1.29 is 28.8 Å². The van der Waals surface area contributed by atoms with E-state index in [1.165, 1.54) is 43.4 Å². The topological polar surface area (TPSA) is 144 Å². The van der Waals surface area contributed by atoms with Crippen LogP contribution < -0.4 is 5.32 Å². The van der Waals surface area contributed by atoms with E-state index in [-0.39, 0.29) is 17.1 Å². The molecule has 1 aliphatic heterocycles. The van der Waals surface area contributed by atoms with Crippen molar-refractivity contribution in [3.05, 3.63) is 111 Å². The highest BCUT2D eigenvalue weighted by molar-refractivity contribution is 6.05. The zero-order chi connectivity index (χ0) is 27.7. The van der Waals surface area contributed by atoms with Gasteiger partial charge in [-0.1, -0.05) is 36.4 Å². The summed E-state index contributed by atoms with van der Waals surface area (Å²) in [5.74, 6) is -1.27. The van der Waals surface area contributed by atoms with Crippen LogP contribution in [0.4, 0.5) is 16.2 Å². The standard InChI is InChI=1S/C28H22N4O7/c1-38-26(33)17-12-10-16(11-13-17)25-24-21(20-8-3-4-9-22(20)30-24)15-23(27(34)39-2)31(25)28(35)29-18-6-5-7-19(14-18)32(36)37/h3-15,25,30H,1-2H3,(H,29,35). The highest BCUT2D eigenvalue weighted by Crippen LogP contribution is 2.42. The Balaban J connectivity index is 1.67. The summed E-state index contributed by atoms with van der Waals surface area (Å²) < 4.78 is 9.83. The van der Waals surface area contributed by atoms with Gasteiger partial charge >= 0.3 is 18.0 Å². The molecule has 1 unspecified atom stereocenters. The van der Waals surface area contributed by atoms with Crippen molar-refractivity contribution >= 4 is 46.3 Å². The molecule has 0 fully saturated rings. The molecule has 0 bridgehead atoms. The smallest absolute Gasteiger partial charge is 0.354 e. The molecule has 0 saturated carbocycles. The first kappa shape index (κ1) is 25.2. The van der Waals surface area contributed by atoms with E-state index in [0.717, 1.165) is 10.9 Å². The minimum atomic E-state index is -0.850. The van der Waals surface area contributed by atoms with Crippen molar-refractivity contribution in [1.82, 2.24) is 9.88 Å². The van der Waals surface area contributed by atoms with Gasteiger partial charge in [0.15, 0.2) is 0 Å². The SMILES string of the molecule is COC(=O)C1=Cc2c([nH]c3ccccc23)C(c2ccc(C(=O)OC)cc2)N1C(=O)Nc1cccc([N+](=O)[O-])c1. The highest BCUT2D eigenvalue weighted by atomic mass is 16.6. The Kier molecular flexibility index (Phi) is 6.55. The Morgan fingerprint density at radius 2 is 1.67 bits per heavy atom. The maximum absolute atomic E-state index is 13.8. The second kappa shape index (κ2) is 10.1. The van der Waals surface area contributed by atoms with Gasteiger partial charge < -0.3 is 19.8 Å². The summed E-state index contributed by atoms with van der Waals surface area (Å²) in [7, 11) is 2.49. The van der Waals surface area contributed by atoms with Crippen molar-refractivity contribution in [3.63, 3.8) is 0 Å². The molecule has 1 aliphatic rings. The van der Waals surface area contributed by atoms with Crippen molar-refractivity contribution in [2.45, 2.75) is 6.04 Å². The Morgan fingerprint density at radius 3 is 2.36 bits per heavy atom. The Morgan fingerprint density at radius 1 is 0.949 bits per heavy atom. The van der Waals surface area contributed by atoms with Gasteiger partial charge in [-0.2, -0.15) is 0 Å². The average Bonchev–Trinajstić information content (AvgIpc) is 3.33. The maximum atomic E-state index is 13.8. The van der Waals surface area contributed by atoms with Crippen molar-refractivity contribution in [3.8, 4) is 0 Å². The molecule has 4 aromatic rings. The third kappa shape index (κ3) is 4.57. The lowest BCUT2D eigenvalue weighted by atomic mass is 9.93. The number of nitro groups is 1. The number of carbonyl (C=O) groups is 3. The number of nitrogens with zero attached hydrogens (tertiary/aromatic N) is 2. The predicted octanol–water partition coefficient (Wildman–Crippen LogP) is 5.01. The molecule has 2 amide bonds. The average molecular weight is 527 g/mol. The monoisotopic (exact) mass is 526 g/mol. The summed E-state index contributed by atoms with van der Waals surface area (Å²) in [6.07, 6.45) is 1.58. The number of esters is 2. The maximum Gasteiger partial charge on any atom is 0.354 e. The van der Waals surface area contributed by atoms with E-state index in [9.17, 15) is 24.5 Å². The van der Waals surface area contributed by atoms with E-state index >= 15 is 0 Å². The number of amides is 2. The van der Waals surface area contributed by atoms with Gasteiger partial charge in [-0.05, 0) is 35.9 Å². The molecule has 0 aliphatic carbocycles. The lowest BCUT2D eigenvalue weighted by molar-refractivity contribution is -0.384. The number of aromatic amines is 1. The number of nitro benzene ring substituents is 1. The number of para-hydroxylation sites is 1. The normalized spacial score (nSPS) is 14.3. The molecule has 2 N–H and O–H groups in total. The number of benzene rings is 3. The number of ether oxygens (including phenoxy) is 2. The van der Waals surface area contributed by atoms with Crippen LogP contribution in [-0.2, 0) is 14.3 Å². The van der Waals surface area contributed by atoms with Crippen LogP contribution in [-0.4, -0.2) is 47.0 Å². The summed E-state index contributed by atoms with van der Waals surface area (Å²) in [6, 6.07) is 17.9. The molecule has 11 nitrogen and oxygen atoms in total. The molecule has 11 heteroatoms. The van der Waals surface area contributed by atoms with Gasteiger partial charge in [-0.15, -0.1) is 0 Å². The lowest BCUT2D eigenvalue weighted by Gasteiger charge is -2.35. The van der Waals surface area contributed by atoms with Gasteiger partial charge in [0.2, 0.25) is 0 Å². The summed E-state index contributed by atoms with van der Waals surface area (Å²) in [5.41, 5.74) is 2.93. The zero-order valence-corrected chi connectivity index (χ0v) is 20.8. The van der Waals surface area contributed by atoms with Crippen LogP contribution >= 0.6 is 0 Å². The van der Waals surface area contributed by atoms with E-state index in [1.807, 2.05) is 24.3 Å². The van der Waals surface area contributed by atoms with Crippen LogP contribution in [0.1, 0.15) is 33.2 Å². The molecule has 0 spiro atoms. The number of nitrogens with one attached hydrogen (secondary N) is 2. The molecule has 0 radical (unpaired) electrons. The van der Waals surface area contributed by atoms with Gasteiger partial charge in [0, 0.05) is 34.3 Å². The number of fused-ring (bicyclic) bond motifs is 3. The van der Waals surface area contributed by atoms with E-state index in [2.05, 4.69) is 10.3 Å². The number of rotatable bonds is 5. The second-order valence-electron chi connectivity index (χ2n) is 8.64. The van der Waals surface area contributed by atoms with Gasteiger partial charge in [0.1, 0.15) is 11.7 Å². The fourth-order valence-corrected chi connectivity index (χ4v) is 4.63. The zero-order valence-electron chi connectivity index (χ0n) is 20.8. The summed E-state index contributed by atoms with van der Waals surface area (Å²) in [5, 5.41) is 14.8. The van der Waals surface area contributed by atoms with Gasteiger partial charge in [0.25, 0.3) is 5.69 Å². The van der Waals surface area contributed by atoms with Gasteiger partial charge in [-0.25, -0.2) is 14.4 Å². The number of anilines is 1. The van der Waals surface area contributed by atoms with Crippen LogP contribution in [0, 0.1) is 10.1 Å². The Hall–Kier alpha value is -5.45. The first-order valence-corrected chi connectivity index (χ1v) is 11.8. The molecule has 196 valence electrons. The largest absolute Gasteiger partial charge is 0.465 e. The minimum absolute atomic E-state index is 0.0419. The van der Waals surface area contributed by atoms with Gasteiger partial charge in [-0.3, -0.25) is 15.0 Å². The number of urea groups is 1. The van der Waals surface area contributed by atoms with Crippen LogP contribution in [0.5, 0.6) is 0 Å². The number of aromatic nitrogens is 1. The van der Waals surface area contributed by atoms with Crippen LogP contribution in [0.3, 0.4) is 0 Å². The molecule has 39 heavy (non-hydrogen) atoms. The molecule has 1 aromatic heterocycles. The molecular weight excluding hydrogens is 504 g/mol. The number of non-ortho nitro benzene ring substituents is 1. The second-order valence-corrected chi connectivity index (χ2v) is 8.64. The van der Waals surface area contributed by atoms with E-state index in [0.29, 0.717) is 22.4 Å². The van der Waals surface area contributed by atoms with Crippen LogP contribution in [0.25, 0.3) is 17.0 Å². The molecule has 1 atom stereocenters.